The van der Waals surface area contributed by atoms with Crippen molar-refractivity contribution >= 4 is 46.2 Å². The fourth-order valence-corrected chi connectivity index (χ4v) is 4.78. The van der Waals surface area contributed by atoms with Crippen LogP contribution in [0.3, 0.4) is 0 Å². The summed E-state index contributed by atoms with van der Waals surface area (Å²) in [6.07, 6.45) is 1.64. The first-order valence-electron chi connectivity index (χ1n) is 12.1. The van der Waals surface area contributed by atoms with Crippen LogP contribution < -0.4 is 33.9 Å². The molecule has 0 spiro atoms. The van der Waals surface area contributed by atoms with Crippen molar-refractivity contribution in [1.29, 1.82) is 0 Å². The minimum atomic E-state index is -0.336. The largest absolute Gasteiger partial charge is 0.497 e. The first-order chi connectivity index (χ1) is 19.4. The van der Waals surface area contributed by atoms with E-state index in [0.29, 0.717) is 50.9 Å². The van der Waals surface area contributed by atoms with E-state index in [1.54, 1.807) is 55.7 Å². The zero-order valence-corrected chi connectivity index (χ0v) is 23.5. The van der Waals surface area contributed by atoms with E-state index in [9.17, 15) is 9.59 Å². The van der Waals surface area contributed by atoms with Crippen LogP contribution in [0, 0.1) is 0 Å². The van der Waals surface area contributed by atoms with E-state index >= 15 is 0 Å². The first-order valence-corrected chi connectivity index (χ1v) is 13.1. The number of nitrogens with one attached hydrogen (secondary N) is 1. The van der Waals surface area contributed by atoms with Gasteiger partial charge in [-0.1, -0.05) is 30.0 Å². The van der Waals surface area contributed by atoms with Gasteiger partial charge in [0.2, 0.25) is 11.7 Å². The molecule has 0 unspecified atom stereocenters. The number of methoxy groups -OCH3 is 5. The molecular weight excluding hydrogens is 534 g/mol. The summed E-state index contributed by atoms with van der Waals surface area (Å²) in [6, 6.07) is 17.7. The molecule has 40 heavy (non-hydrogen) atoms. The molecule has 0 fully saturated rings. The molecule has 3 aromatic carbocycles. The number of amidine groups is 1. The molecule has 0 bridgehead atoms. The van der Waals surface area contributed by atoms with Gasteiger partial charge in [0.05, 0.1) is 52.7 Å². The number of carbonyl (C=O) groups excluding carboxylic acids is 2. The third-order valence-electron chi connectivity index (χ3n) is 5.85. The number of para-hydroxylation sites is 1. The number of nitrogens with zero attached hydrogens (tertiary/aromatic N) is 2. The van der Waals surface area contributed by atoms with Crippen LogP contribution >= 0.6 is 11.8 Å². The normalized spacial score (nSPS) is 13.6. The number of thioether (sulfide) groups is 1. The Balaban J connectivity index is 1.62. The molecule has 2 amide bonds. The molecule has 1 aliphatic heterocycles. The summed E-state index contributed by atoms with van der Waals surface area (Å²) in [5.41, 5.74) is 1.92. The van der Waals surface area contributed by atoms with Crippen LogP contribution in [0.1, 0.15) is 5.56 Å². The second-order valence-electron chi connectivity index (χ2n) is 8.26. The minimum absolute atomic E-state index is 0.00667. The van der Waals surface area contributed by atoms with Crippen molar-refractivity contribution in [3.05, 3.63) is 71.9 Å². The summed E-state index contributed by atoms with van der Waals surface area (Å²) < 4.78 is 26.9. The van der Waals surface area contributed by atoms with Crippen molar-refractivity contribution < 1.29 is 33.3 Å². The number of hydrogen-bond donors (Lipinski definition) is 1. The van der Waals surface area contributed by atoms with Crippen molar-refractivity contribution in [2.75, 3.05) is 51.5 Å². The van der Waals surface area contributed by atoms with E-state index in [2.05, 4.69) is 10.3 Å². The van der Waals surface area contributed by atoms with Crippen LogP contribution in [0.2, 0.25) is 0 Å². The van der Waals surface area contributed by atoms with Crippen LogP contribution in [-0.4, -0.2) is 58.3 Å². The lowest BCUT2D eigenvalue weighted by Crippen LogP contribution is -2.31. The number of rotatable bonds is 10. The van der Waals surface area contributed by atoms with Gasteiger partial charge in [0.15, 0.2) is 16.7 Å². The molecule has 0 aromatic heterocycles. The molecule has 0 saturated carbocycles. The number of carbonyl (C=O) groups is 2. The highest BCUT2D eigenvalue weighted by Gasteiger charge is 2.32. The molecule has 0 aliphatic carbocycles. The van der Waals surface area contributed by atoms with E-state index in [-0.39, 0.29) is 23.3 Å². The zero-order valence-electron chi connectivity index (χ0n) is 22.7. The number of hydrogen-bond acceptors (Lipinski definition) is 9. The van der Waals surface area contributed by atoms with Gasteiger partial charge in [0, 0.05) is 6.07 Å². The fourth-order valence-electron chi connectivity index (χ4n) is 3.97. The van der Waals surface area contributed by atoms with Gasteiger partial charge in [-0.2, -0.15) is 0 Å². The smallest absolute Gasteiger partial charge is 0.283 e. The molecule has 1 aliphatic rings. The third-order valence-corrected chi connectivity index (χ3v) is 6.79. The average Bonchev–Trinajstić information content (AvgIpc) is 3.29. The van der Waals surface area contributed by atoms with Crippen LogP contribution in [0.5, 0.6) is 28.7 Å². The maximum atomic E-state index is 13.6. The first kappa shape index (κ1) is 28.4. The summed E-state index contributed by atoms with van der Waals surface area (Å²) in [4.78, 5) is 32.5. The van der Waals surface area contributed by atoms with Crippen molar-refractivity contribution in [3.63, 3.8) is 0 Å². The van der Waals surface area contributed by atoms with E-state index in [1.165, 1.54) is 33.3 Å². The van der Waals surface area contributed by atoms with E-state index in [0.717, 1.165) is 11.8 Å². The maximum Gasteiger partial charge on any atom is 0.283 e. The van der Waals surface area contributed by atoms with E-state index in [4.69, 9.17) is 23.7 Å². The van der Waals surface area contributed by atoms with Crippen LogP contribution in [0.15, 0.2) is 71.4 Å². The monoisotopic (exact) mass is 563 g/mol. The van der Waals surface area contributed by atoms with E-state index < -0.39 is 0 Å². The SMILES string of the molecule is COc1ccc(OC)c(NC(=O)CSC2=N/C(=C/c3cc(OC)c(OC)c(OC)c3)C(=O)N2c2ccccc2)c1. The number of aliphatic imine (C=N–C) groups is 1. The molecule has 10 nitrogen and oxygen atoms in total. The Labute approximate surface area is 236 Å². The van der Waals surface area contributed by atoms with Crippen LogP contribution in [0.25, 0.3) is 6.08 Å². The van der Waals surface area contributed by atoms with Gasteiger partial charge in [0.1, 0.15) is 17.2 Å². The second-order valence-corrected chi connectivity index (χ2v) is 9.20. The van der Waals surface area contributed by atoms with E-state index in [1.807, 2.05) is 18.2 Å². The predicted octanol–water partition coefficient (Wildman–Crippen LogP) is 4.85. The average molecular weight is 564 g/mol. The highest BCUT2D eigenvalue weighted by Crippen LogP contribution is 2.39. The molecule has 0 atom stereocenters. The third kappa shape index (κ3) is 6.15. The Kier molecular flexibility index (Phi) is 9.18. The Hall–Kier alpha value is -4.64. The van der Waals surface area contributed by atoms with Gasteiger partial charge < -0.3 is 29.0 Å². The van der Waals surface area contributed by atoms with Crippen molar-refractivity contribution in [2.24, 2.45) is 4.99 Å². The molecule has 0 saturated heterocycles. The fraction of sp³-hybridized carbons (Fsp3) is 0.207. The topological polar surface area (TPSA) is 108 Å². The maximum absolute atomic E-state index is 13.6. The highest BCUT2D eigenvalue weighted by molar-refractivity contribution is 8.14. The highest BCUT2D eigenvalue weighted by atomic mass is 32.2. The molecular formula is C29H29N3O7S. The molecule has 0 radical (unpaired) electrons. The second kappa shape index (κ2) is 12.9. The number of anilines is 2. The number of amides is 2. The van der Waals surface area contributed by atoms with Gasteiger partial charge in [-0.25, -0.2) is 4.99 Å². The standard InChI is InChI=1S/C29H29N3O7S/c1-35-20-11-12-23(36-2)21(16-20)30-26(33)17-40-29-31-22(28(34)32(29)19-9-7-6-8-10-19)13-18-14-24(37-3)27(39-5)25(15-18)38-4/h6-16H,17H2,1-5H3,(H,30,33)/b22-13+. The van der Waals surface area contributed by atoms with Crippen LogP contribution in [0.4, 0.5) is 11.4 Å². The lowest BCUT2D eigenvalue weighted by molar-refractivity contribution is -0.114. The summed E-state index contributed by atoms with van der Waals surface area (Å²) in [7, 11) is 7.62. The molecule has 208 valence electrons. The van der Waals surface area contributed by atoms with Crippen molar-refractivity contribution in [2.45, 2.75) is 0 Å². The Morgan fingerprint density at radius 2 is 1.55 bits per heavy atom. The number of benzene rings is 3. The van der Waals surface area contributed by atoms with Crippen molar-refractivity contribution in [1.82, 2.24) is 0 Å². The number of ether oxygens (including phenoxy) is 5. The van der Waals surface area contributed by atoms with Crippen LogP contribution in [-0.2, 0) is 9.59 Å². The molecule has 1 N–H and O–H groups in total. The summed E-state index contributed by atoms with van der Waals surface area (Å²) in [5.74, 6) is 1.76. The quantitative estimate of drug-likeness (QED) is 0.349. The lowest BCUT2D eigenvalue weighted by atomic mass is 10.1. The Bertz CT molecular complexity index is 1430. The summed E-state index contributed by atoms with van der Waals surface area (Å²) in [5, 5.41) is 3.20. The Morgan fingerprint density at radius 3 is 2.15 bits per heavy atom. The Morgan fingerprint density at radius 1 is 0.875 bits per heavy atom. The van der Waals surface area contributed by atoms with Gasteiger partial charge in [-0.3, -0.25) is 14.5 Å². The van der Waals surface area contributed by atoms with Gasteiger partial charge in [-0.15, -0.1) is 0 Å². The van der Waals surface area contributed by atoms with Gasteiger partial charge in [-0.05, 0) is 48.0 Å². The molecule has 3 aromatic rings. The molecule has 11 heteroatoms. The lowest BCUT2D eigenvalue weighted by Gasteiger charge is -2.18. The van der Waals surface area contributed by atoms with Gasteiger partial charge >= 0.3 is 0 Å². The molecule has 4 rings (SSSR count). The van der Waals surface area contributed by atoms with Gasteiger partial charge in [0.25, 0.3) is 5.91 Å². The predicted molar refractivity (Wildman–Crippen MR) is 156 cm³/mol. The summed E-state index contributed by atoms with van der Waals surface area (Å²) in [6.45, 7) is 0. The zero-order chi connectivity index (χ0) is 28.6. The summed E-state index contributed by atoms with van der Waals surface area (Å²) >= 11 is 1.14. The minimum Gasteiger partial charge on any atom is -0.497 e. The molecule has 1 heterocycles. The van der Waals surface area contributed by atoms with Crippen molar-refractivity contribution in [3.8, 4) is 28.7 Å².